The number of carboxylic acid groups (broad SMARTS) is 1. The zero-order chi connectivity index (χ0) is 29.7. The van der Waals surface area contributed by atoms with E-state index in [0.29, 0.717) is 32.4 Å². The van der Waals surface area contributed by atoms with Gasteiger partial charge in [-0.2, -0.15) is 0 Å². The van der Waals surface area contributed by atoms with Gasteiger partial charge in [-0.1, -0.05) is 0 Å². The van der Waals surface area contributed by atoms with E-state index in [1.807, 2.05) is 0 Å². The molecule has 0 bridgehead atoms. The standard InChI is InChI=1S/C27H26N6O7S/c1-39-21-9-18-13(7-15(21)25(28)36)17(3-5-30-18)33-20(27(38)32-11-24(34)35)12-41-23-4-6-31-19-10-22(40-2)16(26(29)37)8-14(19)23/h3-10,20H,11-12H2,1-2H3,(H2,28,36)(H2,29,37)(H,30,33)(H,32,38)(H,34,35). The largest absolute Gasteiger partial charge is 0.496 e. The molecule has 2 aromatic carbocycles. The molecule has 4 aromatic rings. The van der Waals surface area contributed by atoms with Gasteiger partial charge in [-0.05, 0) is 24.3 Å². The zero-order valence-electron chi connectivity index (χ0n) is 22.0. The van der Waals surface area contributed by atoms with Crippen LogP contribution >= 0.6 is 11.8 Å². The Morgan fingerprint density at radius 1 is 0.902 bits per heavy atom. The first kappa shape index (κ1) is 28.9. The number of hydrogen-bond donors (Lipinski definition) is 5. The summed E-state index contributed by atoms with van der Waals surface area (Å²) < 4.78 is 10.5. The molecule has 2 aromatic heterocycles. The monoisotopic (exact) mass is 578 g/mol. The topological polar surface area (TPSA) is 209 Å². The van der Waals surface area contributed by atoms with E-state index in [4.69, 9.17) is 26.0 Å². The SMILES string of the molecule is COc1cc2nccc(NC(CSc3ccnc4cc(OC)c(C(N)=O)cc34)C(=O)NCC(=O)O)c2cc1C(N)=O. The second-order valence-electron chi connectivity index (χ2n) is 8.65. The van der Waals surface area contributed by atoms with Crippen LogP contribution in [0.15, 0.2) is 53.7 Å². The molecule has 41 heavy (non-hydrogen) atoms. The Morgan fingerprint density at radius 2 is 1.46 bits per heavy atom. The number of fused-ring (bicyclic) bond motifs is 2. The molecule has 7 N–H and O–H groups in total. The summed E-state index contributed by atoms with van der Waals surface area (Å²) in [5.41, 5.74) is 12.8. The van der Waals surface area contributed by atoms with Gasteiger partial charge in [-0.15, -0.1) is 11.8 Å². The van der Waals surface area contributed by atoms with Crippen LogP contribution in [0.2, 0.25) is 0 Å². The number of nitrogens with zero attached hydrogens (tertiary/aromatic N) is 2. The van der Waals surface area contributed by atoms with Crippen molar-refractivity contribution in [2.75, 3.05) is 31.8 Å². The molecule has 3 amide bonds. The minimum Gasteiger partial charge on any atom is -0.496 e. The first-order valence-electron chi connectivity index (χ1n) is 12.0. The number of hydrogen-bond acceptors (Lipinski definition) is 10. The number of aliphatic carboxylic acids is 1. The summed E-state index contributed by atoms with van der Waals surface area (Å²) >= 11 is 1.28. The highest BCUT2D eigenvalue weighted by atomic mass is 32.2. The summed E-state index contributed by atoms with van der Waals surface area (Å²) in [5, 5.41) is 15.7. The fourth-order valence-electron chi connectivity index (χ4n) is 4.13. The normalized spacial score (nSPS) is 11.6. The van der Waals surface area contributed by atoms with Crippen molar-refractivity contribution in [1.82, 2.24) is 15.3 Å². The number of pyridine rings is 2. The van der Waals surface area contributed by atoms with Crippen molar-refractivity contribution in [3.05, 3.63) is 59.9 Å². The molecule has 0 saturated heterocycles. The lowest BCUT2D eigenvalue weighted by atomic mass is 10.1. The molecule has 0 radical (unpaired) electrons. The maximum atomic E-state index is 13.1. The van der Waals surface area contributed by atoms with Crippen molar-refractivity contribution in [3.8, 4) is 11.5 Å². The Labute approximate surface area is 237 Å². The molecule has 14 heteroatoms. The summed E-state index contributed by atoms with van der Waals surface area (Å²) in [4.78, 5) is 57.6. The van der Waals surface area contributed by atoms with Gasteiger partial charge in [0.25, 0.3) is 11.8 Å². The number of carbonyl (C=O) groups excluding carboxylic acids is 3. The van der Waals surface area contributed by atoms with E-state index < -0.39 is 36.3 Å². The third-order valence-electron chi connectivity index (χ3n) is 6.08. The summed E-state index contributed by atoms with van der Waals surface area (Å²) in [6, 6.07) is 8.65. The molecular weight excluding hydrogens is 552 g/mol. The van der Waals surface area contributed by atoms with Gasteiger partial charge < -0.3 is 36.7 Å². The highest BCUT2D eigenvalue weighted by Gasteiger charge is 2.23. The number of methoxy groups -OCH3 is 2. The quantitative estimate of drug-likeness (QED) is 0.153. The molecule has 212 valence electrons. The maximum Gasteiger partial charge on any atom is 0.322 e. The number of nitrogens with one attached hydrogen (secondary N) is 2. The molecule has 0 aliphatic rings. The van der Waals surface area contributed by atoms with Crippen LogP contribution in [0.25, 0.3) is 21.8 Å². The number of thioether (sulfide) groups is 1. The number of benzene rings is 2. The number of carboxylic acids is 1. The predicted molar refractivity (Wildman–Crippen MR) is 152 cm³/mol. The molecule has 0 fully saturated rings. The number of amides is 3. The molecule has 0 aliphatic heterocycles. The number of ether oxygens (including phenoxy) is 2. The molecule has 13 nitrogen and oxygen atoms in total. The van der Waals surface area contributed by atoms with Crippen LogP contribution in [0, 0.1) is 0 Å². The van der Waals surface area contributed by atoms with Crippen LogP contribution < -0.4 is 31.6 Å². The van der Waals surface area contributed by atoms with E-state index in [1.165, 1.54) is 38.2 Å². The molecule has 0 saturated carbocycles. The van der Waals surface area contributed by atoms with Gasteiger partial charge in [0.15, 0.2) is 0 Å². The van der Waals surface area contributed by atoms with Crippen LogP contribution in [-0.4, -0.2) is 71.3 Å². The Hall–Kier alpha value is -5.11. The van der Waals surface area contributed by atoms with Crippen LogP contribution in [0.5, 0.6) is 11.5 Å². The van der Waals surface area contributed by atoms with Crippen molar-refractivity contribution in [2.24, 2.45) is 11.5 Å². The zero-order valence-corrected chi connectivity index (χ0v) is 22.8. The average molecular weight is 579 g/mol. The van der Waals surface area contributed by atoms with Crippen molar-refractivity contribution >= 4 is 62.9 Å². The number of aromatic nitrogens is 2. The van der Waals surface area contributed by atoms with Gasteiger partial charge in [0.2, 0.25) is 5.91 Å². The smallest absolute Gasteiger partial charge is 0.322 e. The summed E-state index contributed by atoms with van der Waals surface area (Å²) in [6.45, 7) is -0.582. The summed E-state index contributed by atoms with van der Waals surface area (Å²) in [7, 11) is 2.82. The second kappa shape index (κ2) is 12.4. The van der Waals surface area contributed by atoms with Crippen molar-refractivity contribution in [3.63, 3.8) is 0 Å². The Bertz CT molecular complexity index is 1680. The Morgan fingerprint density at radius 3 is 2.02 bits per heavy atom. The van der Waals surface area contributed by atoms with E-state index in [0.717, 1.165) is 0 Å². The molecule has 0 aliphatic carbocycles. The van der Waals surface area contributed by atoms with E-state index in [9.17, 15) is 19.2 Å². The highest BCUT2D eigenvalue weighted by Crippen LogP contribution is 2.33. The molecule has 0 spiro atoms. The summed E-state index contributed by atoms with van der Waals surface area (Å²) in [6.07, 6.45) is 3.10. The van der Waals surface area contributed by atoms with E-state index >= 15 is 0 Å². The number of primary amides is 2. The lowest BCUT2D eigenvalue weighted by Crippen LogP contribution is -2.43. The first-order valence-corrected chi connectivity index (χ1v) is 13.0. The lowest BCUT2D eigenvalue weighted by Gasteiger charge is -2.21. The van der Waals surface area contributed by atoms with Crippen LogP contribution in [-0.2, 0) is 9.59 Å². The van der Waals surface area contributed by atoms with Gasteiger partial charge in [0.05, 0.1) is 36.4 Å². The molecule has 1 atom stereocenters. The third-order valence-corrected chi connectivity index (χ3v) is 7.25. The maximum absolute atomic E-state index is 13.1. The highest BCUT2D eigenvalue weighted by molar-refractivity contribution is 7.99. The van der Waals surface area contributed by atoms with E-state index in [-0.39, 0.29) is 28.4 Å². The minimum absolute atomic E-state index is 0.126. The number of nitrogens with two attached hydrogens (primary N) is 2. The van der Waals surface area contributed by atoms with Gasteiger partial charge >= 0.3 is 5.97 Å². The van der Waals surface area contributed by atoms with Crippen LogP contribution in [0.4, 0.5) is 5.69 Å². The average Bonchev–Trinajstić information content (AvgIpc) is 2.96. The van der Waals surface area contributed by atoms with Crippen LogP contribution in [0.3, 0.4) is 0 Å². The van der Waals surface area contributed by atoms with E-state index in [1.54, 1.807) is 36.5 Å². The fourth-order valence-corrected chi connectivity index (χ4v) is 5.18. The molecule has 4 rings (SSSR count). The third kappa shape index (κ3) is 6.38. The van der Waals surface area contributed by atoms with Crippen molar-refractivity contribution < 1.29 is 33.8 Å². The van der Waals surface area contributed by atoms with Crippen molar-refractivity contribution in [2.45, 2.75) is 10.9 Å². The molecule has 2 heterocycles. The van der Waals surface area contributed by atoms with Gasteiger partial charge in [-0.3, -0.25) is 29.1 Å². The number of anilines is 1. The number of carbonyl (C=O) groups is 4. The fraction of sp³-hybridized carbons (Fsp3) is 0.185. The van der Waals surface area contributed by atoms with E-state index in [2.05, 4.69) is 20.6 Å². The minimum atomic E-state index is -1.20. The summed E-state index contributed by atoms with van der Waals surface area (Å²) in [5.74, 6) is -2.50. The van der Waals surface area contributed by atoms with Gasteiger partial charge in [-0.25, -0.2) is 0 Å². The Kier molecular flexibility index (Phi) is 8.72. The predicted octanol–water partition coefficient (Wildman–Crippen LogP) is 1.77. The first-order chi connectivity index (χ1) is 19.6. The van der Waals surface area contributed by atoms with Gasteiger partial charge in [0, 0.05) is 51.6 Å². The Balaban J connectivity index is 1.71. The van der Waals surface area contributed by atoms with Crippen molar-refractivity contribution in [1.29, 1.82) is 0 Å². The second-order valence-corrected chi connectivity index (χ2v) is 9.72. The molecular formula is C27H26N6O7S. The van der Waals surface area contributed by atoms with Crippen LogP contribution in [0.1, 0.15) is 20.7 Å². The number of rotatable bonds is 12. The molecule has 1 unspecified atom stereocenters. The lowest BCUT2D eigenvalue weighted by molar-refractivity contribution is -0.137. The van der Waals surface area contributed by atoms with Gasteiger partial charge in [0.1, 0.15) is 24.1 Å².